The van der Waals surface area contributed by atoms with E-state index in [1.807, 2.05) is 41.8 Å². The second-order valence-corrected chi connectivity index (χ2v) is 6.23. The highest BCUT2D eigenvalue weighted by Crippen LogP contribution is 2.26. The van der Waals surface area contributed by atoms with Crippen LogP contribution >= 0.6 is 11.3 Å². The molecule has 0 saturated heterocycles. The van der Waals surface area contributed by atoms with Crippen LogP contribution in [0, 0.1) is 0 Å². The van der Waals surface area contributed by atoms with Gasteiger partial charge in [0.1, 0.15) is 5.70 Å². The van der Waals surface area contributed by atoms with E-state index in [-0.39, 0.29) is 5.70 Å². The van der Waals surface area contributed by atoms with Crippen LogP contribution in [0.25, 0.3) is 17.2 Å². The molecule has 5 heteroatoms. The van der Waals surface area contributed by atoms with Gasteiger partial charge in [-0.15, -0.1) is 11.3 Å². The van der Waals surface area contributed by atoms with Crippen molar-refractivity contribution in [3.63, 3.8) is 0 Å². The lowest BCUT2D eigenvalue weighted by Crippen LogP contribution is -2.27. The zero-order chi connectivity index (χ0) is 17.6. The lowest BCUT2D eigenvalue weighted by Gasteiger charge is -2.05. The molecule has 0 radical (unpaired) electrons. The fourth-order valence-corrected chi connectivity index (χ4v) is 3.14. The molecule has 0 aliphatic carbocycles. The van der Waals surface area contributed by atoms with E-state index in [9.17, 15) is 14.7 Å². The van der Waals surface area contributed by atoms with Gasteiger partial charge in [-0.25, -0.2) is 4.79 Å². The molecule has 0 aliphatic rings. The van der Waals surface area contributed by atoms with Crippen molar-refractivity contribution in [2.24, 2.45) is 0 Å². The molecule has 2 aromatic carbocycles. The summed E-state index contributed by atoms with van der Waals surface area (Å²) in [7, 11) is 0. The average molecular weight is 349 g/mol. The first kappa shape index (κ1) is 16.7. The van der Waals surface area contributed by atoms with E-state index in [1.165, 1.54) is 17.4 Å². The molecule has 1 amide bonds. The number of aliphatic carboxylic acids is 1. The van der Waals surface area contributed by atoms with Gasteiger partial charge in [0.25, 0.3) is 5.91 Å². The fraction of sp³-hybridized carbons (Fsp3) is 0. The number of benzene rings is 2. The summed E-state index contributed by atoms with van der Waals surface area (Å²) in [4.78, 5) is 24.4. The first-order valence-corrected chi connectivity index (χ1v) is 8.47. The molecule has 1 heterocycles. The summed E-state index contributed by atoms with van der Waals surface area (Å²) in [5.41, 5.74) is 2.32. The summed E-state index contributed by atoms with van der Waals surface area (Å²) < 4.78 is 0. The van der Waals surface area contributed by atoms with E-state index < -0.39 is 11.9 Å². The fourth-order valence-electron chi connectivity index (χ4n) is 2.29. The number of rotatable bonds is 5. The van der Waals surface area contributed by atoms with Gasteiger partial charge < -0.3 is 10.4 Å². The molecular formula is C20H15NO3S. The van der Waals surface area contributed by atoms with E-state index in [0.717, 1.165) is 16.0 Å². The molecule has 1 aromatic heterocycles. The molecule has 2 N–H and O–H groups in total. The first-order valence-electron chi connectivity index (χ1n) is 7.59. The van der Waals surface area contributed by atoms with Crippen LogP contribution in [0.1, 0.15) is 15.2 Å². The molecule has 0 aliphatic heterocycles. The maximum atomic E-state index is 12.2. The highest BCUT2D eigenvalue weighted by Gasteiger charge is 2.13. The van der Waals surface area contributed by atoms with Crippen molar-refractivity contribution in [2.75, 3.05) is 0 Å². The minimum atomic E-state index is -1.18. The van der Waals surface area contributed by atoms with Gasteiger partial charge in [0.15, 0.2) is 0 Å². The molecule has 0 bridgehead atoms. The van der Waals surface area contributed by atoms with Crippen LogP contribution in [0.15, 0.2) is 77.8 Å². The third kappa shape index (κ3) is 4.22. The molecule has 124 valence electrons. The van der Waals surface area contributed by atoms with Gasteiger partial charge in [0.2, 0.25) is 0 Å². The van der Waals surface area contributed by atoms with Crippen LogP contribution in [0.2, 0.25) is 0 Å². The molecule has 3 aromatic rings. The number of nitrogens with one attached hydrogen (secondary N) is 1. The van der Waals surface area contributed by atoms with Crippen LogP contribution < -0.4 is 5.32 Å². The first-order chi connectivity index (χ1) is 12.1. The van der Waals surface area contributed by atoms with Crippen molar-refractivity contribution in [1.82, 2.24) is 5.32 Å². The Bertz CT molecular complexity index is 914. The SMILES string of the molecule is O=C(O)/C(=C\c1cc(-c2ccccc2)cs1)NC(=O)c1ccccc1. The number of carbonyl (C=O) groups is 2. The number of carboxylic acids is 1. The van der Waals surface area contributed by atoms with E-state index in [4.69, 9.17) is 0 Å². The van der Waals surface area contributed by atoms with Crippen molar-refractivity contribution in [3.8, 4) is 11.1 Å². The van der Waals surface area contributed by atoms with Crippen molar-refractivity contribution in [1.29, 1.82) is 0 Å². The number of carbonyl (C=O) groups excluding carboxylic acids is 1. The predicted octanol–water partition coefficient (Wildman–Crippen LogP) is 4.27. The second kappa shape index (κ2) is 7.59. The van der Waals surface area contributed by atoms with Gasteiger partial charge in [0.05, 0.1) is 0 Å². The summed E-state index contributed by atoms with van der Waals surface area (Å²) in [6.45, 7) is 0. The molecule has 0 unspecified atom stereocenters. The van der Waals surface area contributed by atoms with Crippen LogP contribution in [-0.4, -0.2) is 17.0 Å². The molecule has 25 heavy (non-hydrogen) atoms. The highest BCUT2D eigenvalue weighted by atomic mass is 32.1. The Morgan fingerprint density at radius 3 is 2.20 bits per heavy atom. The van der Waals surface area contributed by atoms with E-state index in [0.29, 0.717) is 5.56 Å². The average Bonchev–Trinajstić information content (AvgIpc) is 3.11. The number of carboxylic acid groups (broad SMARTS) is 1. The van der Waals surface area contributed by atoms with Crippen LogP contribution in [0.4, 0.5) is 0 Å². The number of hydrogen-bond donors (Lipinski definition) is 2. The molecule has 0 spiro atoms. The van der Waals surface area contributed by atoms with Crippen molar-refractivity contribution in [3.05, 3.63) is 88.2 Å². The topological polar surface area (TPSA) is 66.4 Å². The van der Waals surface area contributed by atoms with Crippen molar-refractivity contribution >= 4 is 29.3 Å². The second-order valence-electron chi connectivity index (χ2n) is 5.29. The maximum Gasteiger partial charge on any atom is 0.352 e. The molecule has 0 fully saturated rings. The number of thiophene rings is 1. The third-order valence-corrected chi connectivity index (χ3v) is 4.41. The summed E-state index contributed by atoms with van der Waals surface area (Å²) in [6.07, 6.45) is 1.47. The van der Waals surface area contributed by atoms with Gasteiger partial charge in [-0.05, 0) is 40.8 Å². The smallest absolute Gasteiger partial charge is 0.352 e. The van der Waals surface area contributed by atoms with Gasteiger partial charge in [-0.2, -0.15) is 0 Å². The normalized spacial score (nSPS) is 11.1. The van der Waals surface area contributed by atoms with Crippen molar-refractivity contribution in [2.45, 2.75) is 0 Å². The zero-order valence-corrected chi connectivity index (χ0v) is 14.0. The lowest BCUT2D eigenvalue weighted by molar-refractivity contribution is -0.132. The van der Waals surface area contributed by atoms with E-state index in [2.05, 4.69) is 5.32 Å². The van der Waals surface area contributed by atoms with Gasteiger partial charge in [-0.3, -0.25) is 4.79 Å². The monoisotopic (exact) mass is 349 g/mol. The van der Waals surface area contributed by atoms with E-state index >= 15 is 0 Å². The minimum absolute atomic E-state index is 0.157. The Labute approximate surface area is 149 Å². The van der Waals surface area contributed by atoms with Crippen molar-refractivity contribution < 1.29 is 14.7 Å². The Morgan fingerprint density at radius 1 is 0.920 bits per heavy atom. The zero-order valence-electron chi connectivity index (χ0n) is 13.2. The van der Waals surface area contributed by atoms with Gasteiger partial charge in [-0.1, -0.05) is 48.5 Å². The summed E-state index contributed by atoms with van der Waals surface area (Å²) >= 11 is 1.42. The minimum Gasteiger partial charge on any atom is -0.477 e. The summed E-state index contributed by atoms with van der Waals surface area (Å²) in [5.74, 6) is -1.63. The number of amides is 1. The Kier molecular flexibility index (Phi) is 5.06. The lowest BCUT2D eigenvalue weighted by atomic mass is 10.1. The Morgan fingerprint density at radius 2 is 1.56 bits per heavy atom. The predicted molar refractivity (Wildman–Crippen MR) is 99.3 cm³/mol. The summed E-state index contributed by atoms with van der Waals surface area (Å²) in [5, 5.41) is 13.8. The molecule has 0 saturated carbocycles. The Hall–Kier alpha value is -3.18. The number of hydrogen-bond acceptors (Lipinski definition) is 3. The molecular weight excluding hydrogens is 334 g/mol. The van der Waals surface area contributed by atoms with Gasteiger partial charge >= 0.3 is 5.97 Å². The molecule has 3 rings (SSSR count). The molecule has 0 atom stereocenters. The van der Waals surface area contributed by atoms with Crippen LogP contribution in [-0.2, 0) is 4.79 Å². The summed E-state index contributed by atoms with van der Waals surface area (Å²) in [6, 6.07) is 20.2. The highest BCUT2D eigenvalue weighted by molar-refractivity contribution is 7.11. The standard InChI is InChI=1S/C20H15NO3S/c22-19(15-9-5-2-6-10-15)21-18(20(23)24)12-17-11-16(13-25-17)14-7-3-1-4-8-14/h1-13H,(H,21,22)(H,23,24)/b18-12+. The van der Waals surface area contributed by atoms with Gasteiger partial charge in [0, 0.05) is 10.4 Å². The third-order valence-electron chi connectivity index (χ3n) is 3.53. The quantitative estimate of drug-likeness (QED) is 0.676. The Balaban J connectivity index is 1.82. The maximum absolute atomic E-state index is 12.2. The van der Waals surface area contributed by atoms with Crippen LogP contribution in [0.5, 0.6) is 0 Å². The van der Waals surface area contributed by atoms with Crippen LogP contribution in [0.3, 0.4) is 0 Å². The van der Waals surface area contributed by atoms with E-state index in [1.54, 1.807) is 30.3 Å². The molecule has 4 nitrogen and oxygen atoms in total. The largest absolute Gasteiger partial charge is 0.477 e.